The number of esters is 2. The quantitative estimate of drug-likeness (QED) is 0.254. The molecule has 0 aliphatic heterocycles. The van der Waals surface area contributed by atoms with E-state index in [1.807, 2.05) is 13.8 Å². The van der Waals surface area contributed by atoms with Gasteiger partial charge in [-0.3, -0.25) is 9.59 Å². The van der Waals surface area contributed by atoms with Crippen LogP contribution < -0.4 is 29.6 Å². The van der Waals surface area contributed by atoms with Crippen molar-refractivity contribution in [1.29, 1.82) is 0 Å². The van der Waals surface area contributed by atoms with Crippen LogP contribution in [-0.2, 0) is 29.2 Å². The largest absolute Gasteiger partial charge is 1.00 e. The van der Waals surface area contributed by atoms with Gasteiger partial charge in [0, 0.05) is 0 Å². The molecule has 0 aromatic heterocycles. The Balaban J connectivity index is 0. The fourth-order valence-corrected chi connectivity index (χ4v) is 2.51. The van der Waals surface area contributed by atoms with Crippen LogP contribution in [0.15, 0.2) is 0 Å². The number of ether oxygens (including phenoxy) is 2. The van der Waals surface area contributed by atoms with Crippen molar-refractivity contribution in [2.75, 3.05) is 13.2 Å². The van der Waals surface area contributed by atoms with Crippen molar-refractivity contribution in [3.05, 3.63) is 0 Å². The first-order chi connectivity index (χ1) is 10.3. The summed E-state index contributed by atoms with van der Waals surface area (Å²) in [6.45, 7) is 5.60. The number of unbranched alkanes of at least 4 members (excludes halogenated alkanes) is 1. The van der Waals surface area contributed by atoms with E-state index >= 15 is 0 Å². The van der Waals surface area contributed by atoms with Crippen molar-refractivity contribution in [2.24, 2.45) is 5.92 Å². The van der Waals surface area contributed by atoms with E-state index < -0.39 is 33.7 Å². The molecule has 0 bridgehead atoms. The van der Waals surface area contributed by atoms with Crippen LogP contribution in [0, 0.1) is 5.92 Å². The van der Waals surface area contributed by atoms with Crippen molar-refractivity contribution in [3.8, 4) is 0 Å². The molecule has 0 heterocycles. The Kier molecular flexibility index (Phi) is 14.4. The van der Waals surface area contributed by atoms with Gasteiger partial charge in [0.15, 0.2) is 5.25 Å². The molecule has 0 fully saturated rings. The predicted octanol–water partition coefficient (Wildman–Crippen LogP) is -1.38. The molecular formula is C14H25NaO7S. The standard InChI is InChI=1S/C14H26O7S.Na/c1-4-7-8-11(5-2)10-21-14(16)12(22(17,18)19)9-13(15)20-6-3;/h11-12H,4-10H2,1-3H3,(H,17,18,19);/q;+1/p-1. The second kappa shape index (κ2) is 13.2. The van der Waals surface area contributed by atoms with Crippen LogP contribution in [0.5, 0.6) is 0 Å². The molecule has 0 saturated carbocycles. The van der Waals surface area contributed by atoms with Gasteiger partial charge in [-0.05, 0) is 19.3 Å². The third-order valence-corrected chi connectivity index (χ3v) is 4.33. The number of hydrogen-bond donors (Lipinski definition) is 0. The average molecular weight is 360 g/mol. The molecule has 9 heteroatoms. The van der Waals surface area contributed by atoms with Gasteiger partial charge in [0.05, 0.1) is 19.6 Å². The maximum atomic E-state index is 11.8. The van der Waals surface area contributed by atoms with E-state index in [2.05, 4.69) is 4.74 Å². The summed E-state index contributed by atoms with van der Waals surface area (Å²) >= 11 is 0. The minimum atomic E-state index is -4.97. The van der Waals surface area contributed by atoms with E-state index in [0.717, 1.165) is 25.7 Å². The molecule has 2 unspecified atom stereocenters. The van der Waals surface area contributed by atoms with E-state index in [1.54, 1.807) is 0 Å². The van der Waals surface area contributed by atoms with E-state index in [9.17, 15) is 22.6 Å². The van der Waals surface area contributed by atoms with Gasteiger partial charge in [-0.15, -0.1) is 0 Å². The van der Waals surface area contributed by atoms with Crippen LogP contribution in [0.3, 0.4) is 0 Å². The third kappa shape index (κ3) is 11.1. The summed E-state index contributed by atoms with van der Waals surface area (Å²) in [5.41, 5.74) is 0. The molecule has 0 saturated heterocycles. The summed E-state index contributed by atoms with van der Waals surface area (Å²) < 4.78 is 42.9. The van der Waals surface area contributed by atoms with Gasteiger partial charge in [0.1, 0.15) is 10.1 Å². The van der Waals surface area contributed by atoms with E-state index in [-0.39, 0.29) is 48.7 Å². The molecule has 0 rings (SSSR count). The Morgan fingerprint density at radius 1 is 1.13 bits per heavy atom. The van der Waals surface area contributed by atoms with Crippen LogP contribution in [0.25, 0.3) is 0 Å². The van der Waals surface area contributed by atoms with Gasteiger partial charge in [-0.2, -0.15) is 0 Å². The first-order valence-electron chi connectivity index (χ1n) is 7.53. The zero-order valence-electron chi connectivity index (χ0n) is 14.4. The normalized spacial score (nSPS) is 13.6. The topological polar surface area (TPSA) is 110 Å². The predicted molar refractivity (Wildman–Crippen MR) is 79.0 cm³/mol. The molecule has 0 aromatic carbocycles. The van der Waals surface area contributed by atoms with Crippen molar-refractivity contribution in [2.45, 2.75) is 58.1 Å². The number of hydrogen-bond acceptors (Lipinski definition) is 7. The Bertz CT molecular complexity index is 450. The maximum Gasteiger partial charge on any atom is 1.00 e. The molecule has 0 spiro atoms. The average Bonchev–Trinajstić information content (AvgIpc) is 2.44. The number of carbonyl (C=O) groups is 2. The summed E-state index contributed by atoms with van der Waals surface area (Å²) in [5, 5.41) is -2.05. The molecule has 0 N–H and O–H groups in total. The van der Waals surface area contributed by atoms with Crippen molar-refractivity contribution in [3.63, 3.8) is 0 Å². The van der Waals surface area contributed by atoms with Crippen molar-refractivity contribution < 1.29 is 61.6 Å². The molecule has 0 aliphatic carbocycles. The first-order valence-corrected chi connectivity index (χ1v) is 9.00. The molecule has 0 aliphatic rings. The SMILES string of the molecule is CCCCC(CC)COC(=O)C(CC(=O)OCC)S(=O)(=O)[O-].[Na+]. The molecule has 7 nitrogen and oxygen atoms in total. The molecule has 0 radical (unpaired) electrons. The van der Waals surface area contributed by atoms with Crippen LogP contribution in [0.4, 0.5) is 0 Å². The Labute approximate surface area is 160 Å². The van der Waals surface area contributed by atoms with Crippen LogP contribution >= 0.6 is 0 Å². The zero-order chi connectivity index (χ0) is 17.2. The van der Waals surface area contributed by atoms with Crippen LogP contribution in [0.1, 0.15) is 52.9 Å². The number of carbonyl (C=O) groups excluding carboxylic acids is 2. The molecular weight excluding hydrogens is 335 g/mol. The third-order valence-electron chi connectivity index (χ3n) is 3.27. The van der Waals surface area contributed by atoms with Gasteiger partial charge in [-0.1, -0.05) is 33.1 Å². The van der Waals surface area contributed by atoms with Gasteiger partial charge >= 0.3 is 41.5 Å². The van der Waals surface area contributed by atoms with E-state index in [0.29, 0.717) is 0 Å². The van der Waals surface area contributed by atoms with Gasteiger partial charge < -0.3 is 14.0 Å². The number of rotatable bonds is 11. The summed E-state index contributed by atoms with van der Waals surface area (Å²) in [5.74, 6) is -1.98. The molecule has 130 valence electrons. The van der Waals surface area contributed by atoms with Crippen LogP contribution in [0.2, 0.25) is 0 Å². The summed E-state index contributed by atoms with van der Waals surface area (Å²) in [6, 6.07) is 0. The Morgan fingerprint density at radius 3 is 2.17 bits per heavy atom. The Hall–Kier alpha value is -0.150. The zero-order valence-corrected chi connectivity index (χ0v) is 17.2. The second-order valence-electron chi connectivity index (χ2n) is 5.04. The van der Waals surface area contributed by atoms with E-state index in [1.165, 1.54) is 6.92 Å². The second-order valence-corrected chi connectivity index (χ2v) is 6.59. The van der Waals surface area contributed by atoms with Gasteiger partial charge in [0.2, 0.25) is 0 Å². The molecule has 0 aromatic rings. The fraction of sp³-hybridized carbons (Fsp3) is 0.857. The summed E-state index contributed by atoms with van der Waals surface area (Å²) in [6.07, 6.45) is 2.80. The summed E-state index contributed by atoms with van der Waals surface area (Å²) in [4.78, 5) is 23.1. The monoisotopic (exact) mass is 360 g/mol. The maximum absolute atomic E-state index is 11.8. The fourth-order valence-electron chi connectivity index (χ4n) is 1.87. The molecule has 0 amide bonds. The van der Waals surface area contributed by atoms with Gasteiger partial charge in [0.25, 0.3) is 0 Å². The molecule has 23 heavy (non-hydrogen) atoms. The van der Waals surface area contributed by atoms with Gasteiger partial charge in [-0.25, -0.2) is 8.42 Å². The molecule has 2 atom stereocenters. The van der Waals surface area contributed by atoms with E-state index in [4.69, 9.17) is 4.74 Å². The van der Waals surface area contributed by atoms with Crippen LogP contribution in [-0.4, -0.2) is 43.4 Å². The minimum Gasteiger partial charge on any atom is -0.747 e. The van der Waals surface area contributed by atoms with Crippen molar-refractivity contribution in [1.82, 2.24) is 0 Å². The Morgan fingerprint density at radius 2 is 1.74 bits per heavy atom. The minimum absolute atomic E-state index is 0. The summed E-state index contributed by atoms with van der Waals surface area (Å²) in [7, 11) is -4.97. The smallest absolute Gasteiger partial charge is 0.747 e. The van der Waals surface area contributed by atoms with Crippen molar-refractivity contribution >= 4 is 22.1 Å². The first kappa shape index (κ1) is 25.1.